The Balaban J connectivity index is 1.95. The summed E-state index contributed by atoms with van der Waals surface area (Å²) in [6, 6.07) is 8.26. The molecule has 2 aromatic rings. The number of rotatable bonds is 7. The molecule has 2 rings (SSSR count). The average Bonchev–Trinajstić information content (AvgIpc) is 2.92. The van der Waals surface area contributed by atoms with Gasteiger partial charge in [0.1, 0.15) is 0 Å². The van der Waals surface area contributed by atoms with Crippen molar-refractivity contribution in [2.24, 2.45) is 11.1 Å². The van der Waals surface area contributed by atoms with E-state index in [2.05, 4.69) is 45.3 Å². The molecule has 22 heavy (non-hydrogen) atoms. The second kappa shape index (κ2) is 7.54. The highest BCUT2D eigenvalue weighted by Gasteiger charge is 2.14. The van der Waals surface area contributed by atoms with Crippen molar-refractivity contribution in [2.45, 2.75) is 24.0 Å². The fraction of sp³-hybridized carbons (Fsp3) is 0.357. The number of halogens is 1. The second-order valence-corrected chi connectivity index (χ2v) is 8.75. The molecule has 0 saturated carbocycles. The van der Waals surface area contributed by atoms with E-state index in [0.717, 1.165) is 35.2 Å². The third-order valence-corrected chi connectivity index (χ3v) is 6.15. The standard InChI is InChI=1S/C14H18BrN3O2S2/c1-2-10(6-11-4-3-5-12(15)7-11)8-17-14-18-9-13(21-14)22(16,19)20/h3-5,7,9-10H,2,6,8H2,1H3,(H,17,18)(H2,16,19,20). The lowest BCUT2D eigenvalue weighted by atomic mass is 9.97. The van der Waals surface area contributed by atoms with Gasteiger partial charge in [0.05, 0.1) is 6.20 Å². The Labute approximate surface area is 143 Å². The smallest absolute Gasteiger partial charge is 0.249 e. The summed E-state index contributed by atoms with van der Waals surface area (Å²) in [5, 5.41) is 8.86. The van der Waals surface area contributed by atoms with E-state index in [0.29, 0.717) is 11.0 Å². The molecule has 5 nitrogen and oxygen atoms in total. The van der Waals surface area contributed by atoms with Gasteiger partial charge >= 0.3 is 0 Å². The zero-order valence-electron chi connectivity index (χ0n) is 12.1. The molecule has 3 N–H and O–H groups in total. The molecule has 1 heterocycles. The Hall–Kier alpha value is -0.960. The van der Waals surface area contributed by atoms with Gasteiger partial charge in [0.15, 0.2) is 9.34 Å². The van der Waals surface area contributed by atoms with Gasteiger partial charge in [-0.3, -0.25) is 0 Å². The van der Waals surface area contributed by atoms with Crippen LogP contribution < -0.4 is 10.5 Å². The summed E-state index contributed by atoms with van der Waals surface area (Å²) in [6.07, 6.45) is 3.26. The number of primary sulfonamides is 1. The predicted molar refractivity (Wildman–Crippen MR) is 93.6 cm³/mol. The molecular weight excluding hydrogens is 386 g/mol. The first kappa shape index (κ1) is 17.4. The van der Waals surface area contributed by atoms with Gasteiger partial charge < -0.3 is 5.32 Å². The van der Waals surface area contributed by atoms with Crippen LogP contribution in [0.1, 0.15) is 18.9 Å². The summed E-state index contributed by atoms with van der Waals surface area (Å²) in [5.41, 5.74) is 1.27. The minimum atomic E-state index is -3.67. The van der Waals surface area contributed by atoms with Crippen LogP contribution in [0.25, 0.3) is 0 Å². The SMILES string of the molecule is CCC(CNc1ncc(S(N)(=O)=O)s1)Cc1cccc(Br)c1. The Kier molecular flexibility index (Phi) is 5.96. The maximum atomic E-state index is 11.2. The molecule has 1 atom stereocenters. The number of sulfonamides is 1. The van der Waals surface area contributed by atoms with Gasteiger partial charge in [0.25, 0.3) is 0 Å². The van der Waals surface area contributed by atoms with Gasteiger partial charge in [-0.2, -0.15) is 0 Å². The molecule has 0 spiro atoms. The topological polar surface area (TPSA) is 85.1 Å². The van der Waals surface area contributed by atoms with E-state index in [4.69, 9.17) is 5.14 Å². The Morgan fingerprint density at radius 2 is 2.23 bits per heavy atom. The Morgan fingerprint density at radius 1 is 1.45 bits per heavy atom. The summed E-state index contributed by atoms with van der Waals surface area (Å²) < 4.78 is 23.6. The van der Waals surface area contributed by atoms with Crippen LogP contribution in [0.2, 0.25) is 0 Å². The van der Waals surface area contributed by atoms with Crippen molar-refractivity contribution in [3.8, 4) is 0 Å². The molecule has 8 heteroatoms. The lowest BCUT2D eigenvalue weighted by Crippen LogP contribution is -2.16. The van der Waals surface area contributed by atoms with Gasteiger partial charge in [-0.1, -0.05) is 52.7 Å². The number of nitrogens with two attached hydrogens (primary N) is 1. The molecule has 120 valence electrons. The minimum absolute atomic E-state index is 0.0787. The average molecular weight is 404 g/mol. The number of nitrogens with zero attached hydrogens (tertiary/aromatic N) is 1. The summed E-state index contributed by atoms with van der Waals surface area (Å²) in [7, 11) is -3.67. The van der Waals surface area contributed by atoms with Crippen molar-refractivity contribution in [1.29, 1.82) is 0 Å². The zero-order valence-corrected chi connectivity index (χ0v) is 15.3. The molecular formula is C14H18BrN3O2S2. The largest absolute Gasteiger partial charge is 0.361 e. The molecule has 1 unspecified atom stereocenters. The van der Waals surface area contributed by atoms with Gasteiger partial charge in [-0.15, -0.1) is 0 Å². The van der Waals surface area contributed by atoms with Gasteiger partial charge in [-0.05, 0) is 30.0 Å². The lowest BCUT2D eigenvalue weighted by molar-refractivity contribution is 0.533. The summed E-state index contributed by atoms with van der Waals surface area (Å²) in [4.78, 5) is 4.05. The number of hydrogen-bond acceptors (Lipinski definition) is 5. The van der Waals surface area contributed by atoms with Crippen LogP contribution in [0.15, 0.2) is 39.1 Å². The highest BCUT2D eigenvalue weighted by molar-refractivity contribution is 9.10. The molecule has 0 aliphatic heterocycles. The number of nitrogens with one attached hydrogen (secondary N) is 1. The third kappa shape index (κ3) is 5.05. The first-order chi connectivity index (χ1) is 10.4. The van der Waals surface area contributed by atoms with Crippen LogP contribution in [-0.2, 0) is 16.4 Å². The first-order valence-electron chi connectivity index (χ1n) is 6.85. The van der Waals surface area contributed by atoms with E-state index < -0.39 is 10.0 Å². The normalized spacial score (nSPS) is 13.0. The monoisotopic (exact) mass is 403 g/mol. The maximum Gasteiger partial charge on any atom is 0.249 e. The van der Waals surface area contributed by atoms with Crippen molar-refractivity contribution in [1.82, 2.24) is 4.98 Å². The van der Waals surface area contributed by atoms with E-state index in [1.807, 2.05) is 12.1 Å². The number of anilines is 1. The van der Waals surface area contributed by atoms with Gasteiger partial charge in [0.2, 0.25) is 10.0 Å². The van der Waals surface area contributed by atoms with Crippen LogP contribution in [-0.4, -0.2) is 19.9 Å². The quantitative estimate of drug-likeness (QED) is 0.742. The van der Waals surface area contributed by atoms with Crippen molar-refractivity contribution < 1.29 is 8.42 Å². The van der Waals surface area contributed by atoms with Crippen molar-refractivity contribution >= 4 is 42.4 Å². The Morgan fingerprint density at radius 3 is 2.82 bits per heavy atom. The third-order valence-electron chi connectivity index (χ3n) is 3.30. The van der Waals surface area contributed by atoms with Gasteiger partial charge in [-0.25, -0.2) is 18.5 Å². The van der Waals surface area contributed by atoms with Crippen LogP contribution in [0.3, 0.4) is 0 Å². The van der Waals surface area contributed by atoms with E-state index in [1.165, 1.54) is 11.8 Å². The highest BCUT2D eigenvalue weighted by atomic mass is 79.9. The van der Waals surface area contributed by atoms with Crippen molar-refractivity contribution in [2.75, 3.05) is 11.9 Å². The zero-order chi connectivity index (χ0) is 16.2. The molecule has 0 fully saturated rings. The molecule has 1 aromatic carbocycles. The molecule has 0 aliphatic carbocycles. The fourth-order valence-corrected chi connectivity index (χ4v) is 3.97. The molecule has 0 saturated heterocycles. The number of aromatic nitrogens is 1. The summed E-state index contributed by atoms with van der Waals surface area (Å²) in [5.74, 6) is 0.441. The molecule has 0 bridgehead atoms. The number of thiazole rings is 1. The molecule has 1 aromatic heterocycles. The highest BCUT2D eigenvalue weighted by Crippen LogP contribution is 2.23. The van der Waals surface area contributed by atoms with Gasteiger partial charge in [0, 0.05) is 11.0 Å². The molecule has 0 aliphatic rings. The predicted octanol–water partition coefficient (Wildman–Crippen LogP) is 3.23. The van der Waals surface area contributed by atoms with Crippen molar-refractivity contribution in [3.05, 3.63) is 40.5 Å². The van der Waals surface area contributed by atoms with E-state index in [-0.39, 0.29) is 4.21 Å². The van der Waals surface area contributed by atoms with E-state index in [9.17, 15) is 8.42 Å². The first-order valence-corrected chi connectivity index (χ1v) is 10.0. The lowest BCUT2D eigenvalue weighted by Gasteiger charge is -2.15. The molecule has 0 amide bonds. The van der Waals surface area contributed by atoms with Crippen LogP contribution in [0.4, 0.5) is 5.13 Å². The molecule has 0 radical (unpaired) electrons. The maximum absolute atomic E-state index is 11.2. The van der Waals surface area contributed by atoms with E-state index >= 15 is 0 Å². The van der Waals surface area contributed by atoms with E-state index in [1.54, 1.807) is 0 Å². The summed E-state index contributed by atoms with van der Waals surface area (Å²) in [6.45, 7) is 2.88. The van der Waals surface area contributed by atoms with Crippen LogP contribution >= 0.6 is 27.3 Å². The number of benzene rings is 1. The number of hydrogen-bond donors (Lipinski definition) is 2. The second-order valence-electron chi connectivity index (χ2n) is 5.02. The fourth-order valence-electron chi connectivity index (χ4n) is 2.06. The van der Waals surface area contributed by atoms with Crippen molar-refractivity contribution in [3.63, 3.8) is 0 Å². The summed E-state index contributed by atoms with van der Waals surface area (Å²) >= 11 is 4.54. The van der Waals surface area contributed by atoms with Crippen LogP contribution in [0, 0.1) is 5.92 Å². The minimum Gasteiger partial charge on any atom is -0.361 e. The Bertz CT molecular complexity index is 731. The van der Waals surface area contributed by atoms with Crippen LogP contribution in [0.5, 0.6) is 0 Å².